The molecule has 0 aliphatic carbocycles. The summed E-state index contributed by atoms with van der Waals surface area (Å²) in [6.45, 7) is 1.84. The lowest BCUT2D eigenvalue weighted by Gasteiger charge is -2.14. The van der Waals surface area contributed by atoms with Crippen LogP contribution < -0.4 is 11.1 Å². The number of aromatic nitrogens is 2. The van der Waals surface area contributed by atoms with Crippen LogP contribution in [0, 0.1) is 24.4 Å². The highest BCUT2D eigenvalue weighted by molar-refractivity contribution is 5.81. The molecule has 25 heavy (non-hydrogen) atoms. The van der Waals surface area contributed by atoms with Crippen LogP contribution in [-0.2, 0) is 13.6 Å². The molecule has 7 heteroatoms. The Hall–Kier alpha value is -2.80. The SMILES string of the molecule is Cc1nn(C)c(Nc2c(F)cccc2CN)c1-c1ccc(F)cc1F. The molecule has 4 nitrogen and oxygen atoms in total. The number of aryl methyl sites for hydroxylation is 2. The summed E-state index contributed by atoms with van der Waals surface area (Å²) in [6, 6.07) is 7.89. The van der Waals surface area contributed by atoms with Crippen LogP contribution in [0.2, 0.25) is 0 Å². The van der Waals surface area contributed by atoms with Crippen molar-refractivity contribution < 1.29 is 13.2 Å². The molecule has 1 heterocycles. The Morgan fingerprint density at radius 2 is 1.88 bits per heavy atom. The smallest absolute Gasteiger partial charge is 0.147 e. The molecule has 3 N–H and O–H groups in total. The van der Waals surface area contributed by atoms with Crippen molar-refractivity contribution in [3.8, 4) is 11.1 Å². The topological polar surface area (TPSA) is 55.9 Å². The Balaban J connectivity index is 2.16. The van der Waals surface area contributed by atoms with Crippen molar-refractivity contribution in [3.63, 3.8) is 0 Å². The Bertz CT molecular complexity index is 934. The Morgan fingerprint density at radius 3 is 2.56 bits per heavy atom. The maximum absolute atomic E-state index is 14.3. The highest BCUT2D eigenvalue weighted by Crippen LogP contribution is 2.36. The van der Waals surface area contributed by atoms with Gasteiger partial charge in [-0.25, -0.2) is 13.2 Å². The molecule has 0 bridgehead atoms. The van der Waals surface area contributed by atoms with E-state index >= 15 is 0 Å². The molecular weight excluding hydrogens is 329 g/mol. The van der Waals surface area contributed by atoms with Crippen LogP contribution in [0.25, 0.3) is 11.1 Å². The van der Waals surface area contributed by atoms with Crippen molar-refractivity contribution >= 4 is 11.5 Å². The van der Waals surface area contributed by atoms with Crippen molar-refractivity contribution in [2.45, 2.75) is 13.5 Å². The summed E-state index contributed by atoms with van der Waals surface area (Å²) >= 11 is 0. The Kier molecular flexibility index (Phi) is 4.50. The average Bonchev–Trinajstić information content (AvgIpc) is 2.83. The van der Waals surface area contributed by atoms with E-state index in [-0.39, 0.29) is 17.8 Å². The normalized spacial score (nSPS) is 11.0. The first-order valence-corrected chi connectivity index (χ1v) is 7.66. The lowest BCUT2D eigenvalue weighted by Crippen LogP contribution is -2.07. The number of hydrogen-bond acceptors (Lipinski definition) is 3. The number of benzene rings is 2. The molecular formula is C18H17F3N4. The van der Waals surface area contributed by atoms with E-state index < -0.39 is 17.5 Å². The fraction of sp³-hybridized carbons (Fsp3) is 0.167. The van der Waals surface area contributed by atoms with Gasteiger partial charge in [-0.3, -0.25) is 4.68 Å². The molecule has 1 aromatic heterocycles. The van der Waals surface area contributed by atoms with Crippen LogP contribution in [0.1, 0.15) is 11.3 Å². The third-order valence-corrected chi connectivity index (χ3v) is 3.99. The molecule has 0 aliphatic rings. The first-order chi connectivity index (χ1) is 11.9. The molecule has 130 valence electrons. The van der Waals surface area contributed by atoms with Crippen molar-refractivity contribution in [2.24, 2.45) is 12.8 Å². The maximum atomic E-state index is 14.3. The van der Waals surface area contributed by atoms with Crippen molar-refractivity contribution in [3.05, 3.63) is 65.1 Å². The zero-order valence-electron chi connectivity index (χ0n) is 13.8. The van der Waals surface area contributed by atoms with Crippen molar-refractivity contribution in [1.29, 1.82) is 0 Å². The summed E-state index contributed by atoms with van der Waals surface area (Å²) in [5.74, 6) is -1.47. The molecule has 0 saturated heterocycles. The summed E-state index contributed by atoms with van der Waals surface area (Å²) in [5.41, 5.74) is 7.60. The predicted molar refractivity (Wildman–Crippen MR) is 90.9 cm³/mol. The number of hydrogen-bond donors (Lipinski definition) is 2. The molecule has 3 aromatic rings. The number of nitrogens with one attached hydrogen (secondary N) is 1. The Labute approximate surface area is 143 Å². The van der Waals surface area contributed by atoms with Gasteiger partial charge < -0.3 is 11.1 Å². The van der Waals surface area contributed by atoms with E-state index in [0.717, 1.165) is 6.07 Å². The van der Waals surface area contributed by atoms with Gasteiger partial charge in [0.2, 0.25) is 0 Å². The largest absolute Gasteiger partial charge is 0.337 e. The van der Waals surface area contributed by atoms with Crippen LogP contribution in [-0.4, -0.2) is 9.78 Å². The predicted octanol–water partition coefficient (Wildman–Crippen LogP) is 4.02. The number of rotatable bonds is 4. The zero-order chi connectivity index (χ0) is 18.1. The van der Waals surface area contributed by atoms with Gasteiger partial charge in [-0.1, -0.05) is 12.1 Å². The van der Waals surface area contributed by atoms with Crippen LogP contribution in [0.5, 0.6) is 0 Å². The van der Waals surface area contributed by atoms with Crippen molar-refractivity contribution in [1.82, 2.24) is 9.78 Å². The number of para-hydroxylation sites is 1. The number of halogens is 3. The van der Waals surface area contributed by atoms with Crippen LogP contribution in [0.15, 0.2) is 36.4 Å². The highest BCUT2D eigenvalue weighted by atomic mass is 19.1. The summed E-state index contributed by atoms with van der Waals surface area (Å²) in [5, 5.41) is 7.25. The lowest BCUT2D eigenvalue weighted by atomic mass is 10.0. The molecule has 3 rings (SSSR count). The zero-order valence-corrected chi connectivity index (χ0v) is 13.8. The summed E-state index contributed by atoms with van der Waals surface area (Å²) < 4.78 is 43.2. The molecule has 0 amide bonds. The molecule has 0 fully saturated rings. The summed E-state index contributed by atoms with van der Waals surface area (Å²) in [6.07, 6.45) is 0. The van der Waals surface area contributed by atoms with Crippen molar-refractivity contribution in [2.75, 3.05) is 5.32 Å². The molecule has 0 radical (unpaired) electrons. The highest BCUT2D eigenvalue weighted by Gasteiger charge is 2.20. The fourth-order valence-electron chi connectivity index (χ4n) is 2.81. The van der Waals surface area contributed by atoms with E-state index in [2.05, 4.69) is 10.4 Å². The average molecular weight is 346 g/mol. The minimum absolute atomic E-state index is 0.136. The molecule has 0 atom stereocenters. The van der Waals surface area contributed by atoms with E-state index in [1.165, 1.54) is 22.9 Å². The van der Waals surface area contributed by atoms with E-state index in [0.29, 0.717) is 22.6 Å². The Morgan fingerprint density at radius 1 is 1.12 bits per heavy atom. The van der Waals surface area contributed by atoms with E-state index in [4.69, 9.17) is 5.73 Å². The quantitative estimate of drug-likeness (QED) is 0.750. The number of nitrogens with two attached hydrogens (primary N) is 1. The van der Waals surface area contributed by atoms with Gasteiger partial charge >= 0.3 is 0 Å². The van der Waals surface area contributed by atoms with Gasteiger partial charge in [0.05, 0.1) is 16.9 Å². The van der Waals surface area contributed by atoms with Gasteiger partial charge in [0.15, 0.2) is 0 Å². The van der Waals surface area contributed by atoms with Gasteiger partial charge in [0, 0.05) is 25.2 Å². The second-order valence-electron chi connectivity index (χ2n) is 5.66. The van der Waals surface area contributed by atoms with Gasteiger partial charge in [-0.15, -0.1) is 0 Å². The minimum atomic E-state index is -0.716. The number of nitrogens with zero attached hydrogens (tertiary/aromatic N) is 2. The fourth-order valence-corrected chi connectivity index (χ4v) is 2.81. The van der Waals surface area contributed by atoms with Crippen LogP contribution >= 0.6 is 0 Å². The van der Waals surface area contributed by atoms with Crippen LogP contribution in [0.3, 0.4) is 0 Å². The summed E-state index contributed by atoms with van der Waals surface area (Å²) in [4.78, 5) is 0. The molecule has 2 aromatic carbocycles. The molecule has 0 unspecified atom stereocenters. The van der Waals surface area contributed by atoms with E-state index in [1.807, 2.05) is 0 Å². The van der Waals surface area contributed by atoms with E-state index in [9.17, 15) is 13.2 Å². The van der Waals surface area contributed by atoms with Gasteiger partial charge in [-0.2, -0.15) is 5.10 Å². The lowest BCUT2D eigenvalue weighted by molar-refractivity contribution is 0.585. The maximum Gasteiger partial charge on any atom is 0.147 e. The number of anilines is 2. The monoisotopic (exact) mass is 346 g/mol. The van der Waals surface area contributed by atoms with Gasteiger partial charge in [0.25, 0.3) is 0 Å². The third-order valence-electron chi connectivity index (χ3n) is 3.99. The second kappa shape index (κ2) is 6.60. The van der Waals surface area contributed by atoms with E-state index in [1.54, 1.807) is 26.1 Å². The first kappa shape index (κ1) is 17.0. The summed E-state index contributed by atoms with van der Waals surface area (Å²) in [7, 11) is 1.66. The van der Waals surface area contributed by atoms with Crippen LogP contribution in [0.4, 0.5) is 24.7 Å². The molecule has 0 saturated carbocycles. The minimum Gasteiger partial charge on any atom is -0.337 e. The first-order valence-electron chi connectivity index (χ1n) is 7.66. The third kappa shape index (κ3) is 3.10. The standard InChI is InChI=1S/C18H17F3N4/c1-10-16(13-7-6-12(19)8-15(13)21)18(25(2)24-10)23-17-11(9-22)4-3-5-14(17)20/h3-8,23H,9,22H2,1-2H3. The van der Waals surface area contributed by atoms with Gasteiger partial charge in [-0.05, 0) is 30.7 Å². The van der Waals surface area contributed by atoms with Gasteiger partial charge in [0.1, 0.15) is 23.3 Å². The molecule has 0 aliphatic heterocycles. The molecule has 0 spiro atoms. The second-order valence-corrected chi connectivity index (χ2v) is 5.66.